The number of hydrogen-bond donors (Lipinski definition) is 2. The van der Waals surface area contributed by atoms with Crippen LogP contribution in [0.3, 0.4) is 0 Å². The molecular formula is C17H12Cl2N2O2S. The maximum absolute atomic E-state index is 11.1. The van der Waals surface area contributed by atoms with Crippen molar-refractivity contribution in [1.82, 2.24) is 4.98 Å². The lowest BCUT2D eigenvalue weighted by molar-refractivity contribution is -0.136. The second-order valence-corrected chi connectivity index (χ2v) is 6.88. The topological polar surface area (TPSA) is 62.2 Å². The summed E-state index contributed by atoms with van der Waals surface area (Å²) in [6, 6.07) is 14.7. The van der Waals surface area contributed by atoms with Crippen molar-refractivity contribution >= 4 is 51.3 Å². The molecule has 0 aliphatic carbocycles. The minimum Gasteiger partial charge on any atom is -0.481 e. The molecule has 2 N–H and O–H groups in total. The van der Waals surface area contributed by atoms with Crippen molar-refractivity contribution in [3.8, 4) is 11.3 Å². The molecular weight excluding hydrogens is 367 g/mol. The smallest absolute Gasteiger partial charge is 0.308 e. The molecule has 0 radical (unpaired) electrons. The maximum atomic E-state index is 11.1. The summed E-state index contributed by atoms with van der Waals surface area (Å²) in [6.45, 7) is 0. The SMILES string of the molecule is O=C(O)Cc1sc(Nc2ccc(Cl)c(Cl)c2)nc1-c1ccccc1. The first kappa shape index (κ1) is 16.8. The summed E-state index contributed by atoms with van der Waals surface area (Å²) in [5.74, 6) is -0.892. The number of halogens is 2. The van der Waals surface area contributed by atoms with Crippen molar-refractivity contribution in [3.63, 3.8) is 0 Å². The molecule has 0 atom stereocenters. The van der Waals surface area contributed by atoms with Gasteiger partial charge in [-0.25, -0.2) is 4.98 Å². The van der Waals surface area contributed by atoms with Gasteiger partial charge in [-0.15, -0.1) is 11.3 Å². The van der Waals surface area contributed by atoms with E-state index in [0.717, 1.165) is 11.3 Å². The molecule has 0 saturated carbocycles. The van der Waals surface area contributed by atoms with Gasteiger partial charge >= 0.3 is 5.97 Å². The zero-order valence-electron chi connectivity index (χ0n) is 12.3. The Hall–Kier alpha value is -2.08. The van der Waals surface area contributed by atoms with Crippen LogP contribution in [0.25, 0.3) is 11.3 Å². The third-order valence-electron chi connectivity index (χ3n) is 3.23. The van der Waals surface area contributed by atoms with Crippen LogP contribution in [0.1, 0.15) is 4.88 Å². The molecule has 2 aromatic carbocycles. The Kier molecular flexibility index (Phi) is 5.04. The van der Waals surface area contributed by atoms with Crippen LogP contribution in [0.4, 0.5) is 10.8 Å². The normalized spacial score (nSPS) is 10.6. The third-order valence-corrected chi connectivity index (χ3v) is 4.94. The lowest BCUT2D eigenvalue weighted by atomic mass is 10.1. The van der Waals surface area contributed by atoms with Crippen molar-refractivity contribution in [3.05, 3.63) is 63.5 Å². The number of nitrogens with one attached hydrogen (secondary N) is 1. The number of thiazole rings is 1. The summed E-state index contributed by atoms with van der Waals surface area (Å²) in [7, 11) is 0. The summed E-state index contributed by atoms with van der Waals surface area (Å²) in [5.41, 5.74) is 2.29. The number of carboxylic acids is 1. The maximum Gasteiger partial charge on any atom is 0.308 e. The monoisotopic (exact) mass is 378 g/mol. The van der Waals surface area contributed by atoms with Crippen LogP contribution in [-0.4, -0.2) is 16.1 Å². The van der Waals surface area contributed by atoms with Crippen LogP contribution in [0.2, 0.25) is 10.0 Å². The van der Waals surface area contributed by atoms with Crippen molar-refractivity contribution < 1.29 is 9.90 Å². The highest BCUT2D eigenvalue weighted by molar-refractivity contribution is 7.16. The van der Waals surface area contributed by atoms with E-state index in [9.17, 15) is 4.79 Å². The Bertz CT molecular complexity index is 882. The number of nitrogens with zero attached hydrogens (tertiary/aromatic N) is 1. The Morgan fingerprint density at radius 3 is 2.54 bits per heavy atom. The van der Waals surface area contributed by atoms with Gasteiger partial charge in [0.1, 0.15) is 0 Å². The first-order valence-corrected chi connectivity index (χ1v) is 8.59. The van der Waals surface area contributed by atoms with Gasteiger partial charge in [0.25, 0.3) is 0 Å². The summed E-state index contributed by atoms with van der Waals surface area (Å²) < 4.78 is 0. The molecule has 7 heteroatoms. The number of aliphatic carboxylic acids is 1. The molecule has 0 aliphatic heterocycles. The Morgan fingerprint density at radius 2 is 1.88 bits per heavy atom. The van der Waals surface area contributed by atoms with Gasteiger partial charge in [-0.1, -0.05) is 53.5 Å². The van der Waals surface area contributed by atoms with E-state index in [4.69, 9.17) is 28.3 Å². The van der Waals surface area contributed by atoms with Crippen LogP contribution in [0, 0.1) is 0 Å². The van der Waals surface area contributed by atoms with Gasteiger partial charge < -0.3 is 10.4 Å². The number of carbonyl (C=O) groups is 1. The van der Waals surface area contributed by atoms with E-state index in [1.165, 1.54) is 11.3 Å². The van der Waals surface area contributed by atoms with E-state index >= 15 is 0 Å². The van der Waals surface area contributed by atoms with Crippen molar-refractivity contribution in [2.75, 3.05) is 5.32 Å². The molecule has 0 unspecified atom stereocenters. The highest BCUT2D eigenvalue weighted by Crippen LogP contribution is 2.34. The van der Waals surface area contributed by atoms with Crippen LogP contribution in [0.5, 0.6) is 0 Å². The fraction of sp³-hybridized carbons (Fsp3) is 0.0588. The largest absolute Gasteiger partial charge is 0.481 e. The highest BCUT2D eigenvalue weighted by Gasteiger charge is 2.16. The molecule has 0 saturated heterocycles. The molecule has 122 valence electrons. The van der Waals surface area contributed by atoms with Crippen LogP contribution in [-0.2, 0) is 11.2 Å². The number of carboxylic acid groups (broad SMARTS) is 1. The minimum absolute atomic E-state index is 0.0784. The van der Waals surface area contributed by atoms with Crippen LogP contribution in [0.15, 0.2) is 48.5 Å². The van der Waals surface area contributed by atoms with Crippen LogP contribution >= 0.6 is 34.5 Å². The zero-order valence-corrected chi connectivity index (χ0v) is 14.6. The highest BCUT2D eigenvalue weighted by atomic mass is 35.5. The lowest BCUT2D eigenvalue weighted by Gasteiger charge is -2.03. The van der Waals surface area contributed by atoms with E-state index in [1.807, 2.05) is 30.3 Å². The first-order chi connectivity index (χ1) is 11.5. The molecule has 4 nitrogen and oxygen atoms in total. The predicted molar refractivity (Wildman–Crippen MR) is 98.6 cm³/mol. The van der Waals surface area contributed by atoms with Gasteiger partial charge in [0.05, 0.1) is 22.2 Å². The fourth-order valence-corrected chi connectivity index (χ4v) is 3.47. The summed E-state index contributed by atoms with van der Waals surface area (Å²) in [5, 5.41) is 13.8. The summed E-state index contributed by atoms with van der Waals surface area (Å²) in [6.07, 6.45) is -0.0784. The molecule has 0 spiro atoms. The van der Waals surface area contributed by atoms with Gasteiger partial charge in [0.2, 0.25) is 0 Å². The van der Waals surface area contributed by atoms with E-state index in [-0.39, 0.29) is 6.42 Å². The van der Waals surface area contributed by atoms with E-state index in [1.54, 1.807) is 18.2 Å². The van der Waals surface area contributed by atoms with Crippen molar-refractivity contribution in [1.29, 1.82) is 0 Å². The van der Waals surface area contributed by atoms with Gasteiger partial charge in [-0.3, -0.25) is 4.79 Å². The second-order valence-electron chi connectivity index (χ2n) is 4.98. The number of aromatic nitrogens is 1. The Morgan fingerprint density at radius 1 is 1.12 bits per heavy atom. The molecule has 24 heavy (non-hydrogen) atoms. The predicted octanol–water partition coefficient (Wildman–Crippen LogP) is 5.49. The summed E-state index contributed by atoms with van der Waals surface area (Å²) in [4.78, 5) is 16.4. The Balaban J connectivity index is 1.95. The van der Waals surface area contributed by atoms with E-state index in [2.05, 4.69) is 10.3 Å². The molecule has 0 aliphatic rings. The first-order valence-electron chi connectivity index (χ1n) is 7.02. The van der Waals surface area contributed by atoms with Gasteiger partial charge in [-0.2, -0.15) is 0 Å². The summed E-state index contributed by atoms with van der Waals surface area (Å²) >= 11 is 13.2. The molecule has 3 rings (SSSR count). The van der Waals surface area contributed by atoms with Crippen molar-refractivity contribution in [2.45, 2.75) is 6.42 Å². The zero-order chi connectivity index (χ0) is 17.1. The van der Waals surface area contributed by atoms with Crippen molar-refractivity contribution in [2.24, 2.45) is 0 Å². The fourth-order valence-electron chi connectivity index (χ4n) is 2.18. The van der Waals surface area contributed by atoms with Gasteiger partial charge in [-0.05, 0) is 18.2 Å². The third kappa shape index (κ3) is 3.87. The van der Waals surface area contributed by atoms with Crippen LogP contribution < -0.4 is 5.32 Å². The van der Waals surface area contributed by atoms with Gasteiger partial charge in [0, 0.05) is 16.1 Å². The molecule has 1 heterocycles. The van der Waals surface area contributed by atoms with Gasteiger partial charge in [0.15, 0.2) is 5.13 Å². The number of anilines is 2. The molecule has 1 aromatic heterocycles. The molecule has 0 bridgehead atoms. The quantitative estimate of drug-likeness (QED) is 0.616. The minimum atomic E-state index is -0.892. The molecule has 0 amide bonds. The average Bonchev–Trinajstić information content (AvgIpc) is 2.93. The number of rotatable bonds is 5. The average molecular weight is 379 g/mol. The number of hydrogen-bond acceptors (Lipinski definition) is 4. The number of benzene rings is 2. The van der Waals surface area contributed by atoms with E-state index in [0.29, 0.717) is 25.7 Å². The Labute approximate surface area is 152 Å². The van der Waals surface area contributed by atoms with E-state index < -0.39 is 5.97 Å². The second kappa shape index (κ2) is 7.21. The molecule has 3 aromatic rings. The molecule has 0 fully saturated rings. The lowest BCUT2D eigenvalue weighted by Crippen LogP contribution is -1.99. The standard InChI is InChI=1S/C17H12Cl2N2O2S/c18-12-7-6-11(8-13(12)19)20-17-21-16(10-4-2-1-3-5-10)14(24-17)9-15(22)23/h1-8H,9H2,(H,20,21)(H,22,23).